The molecule has 6 rings (SSSR count). The largest absolute Gasteiger partial charge is 0.493 e. The number of carbonyl (C=O) groups is 2. The van der Waals surface area contributed by atoms with E-state index in [2.05, 4.69) is 0 Å². The van der Waals surface area contributed by atoms with Gasteiger partial charge in [-0.3, -0.25) is 9.36 Å². The molecular weight excluding hydrogens is 652 g/mol. The van der Waals surface area contributed by atoms with Crippen LogP contribution in [0, 0.1) is 0 Å². The molecule has 0 amide bonds. The van der Waals surface area contributed by atoms with E-state index in [0.717, 1.165) is 11.1 Å². The molecule has 5 aromatic rings. The van der Waals surface area contributed by atoms with Crippen LogP contribution in [0.4, 0.5) is 0 Å². The monoisotopic (exact) mass is 680 g/mol. The van der Waals surface area contributed by atoms with Gasteiger partial charge in [0.25, 0.3) is 5.56 Å². The van der Waals surface area contributed by atoms with Crippen molar-refractivity contribution in [3.05, 3.63) is 155 Å². The van der Waals surface area contributed by atoms with Gasteiger partial charge in [0.1, 0.15) is 6.61 Å². The molecule has 1 aliphatic heterocycles. The quantitative estimate of drug-likeness (QED) is 0.183. The number of hydrogen-bond acceptors (Lipinski definition) is 8. The molecule has 1 aromatic heterocycles. The number of benzene rings is 4. The molecule has 1 atom stereocenters. The van der Waals surface area contributed by atoms with Crippen LogP contribution in [0.5, 0.6) is 11.5 Å². The van der Waals surface area contributed by atoms with E-state index >= 15 is 0 Å². The third kappa shape index (κ3) is 6.53. The third-order valence-corrected chi connectivity index (χ3v) is 8.86. The molecule has 0 bridgehead atoms. The van der Waals surface area contributed by atoms with E-state index in [4.69, 9.17) is 30.8 Å². The number of methoxy groups -OCH3 is 1. The van der Waals surface area contributed by atoms with Gasteiger partial charge in [0, 0.05) is 5.56 Å². The van der Waals surface area contributed by atoms with Crippen LogP contribution >= 0.6 is 22.9 Å². The van der Waals surface area contributed by atoms with E-state index in [1.165, 1.54) is 35.1 Å². The average molecular weight is 681 g/mol. The minimum atomic E-state index is -1.04. The summed E-state index contributed by atoms with van der Waals surface area (Å²) < 4.78 is 19.0. The maximum absolute atomic E-state index is 14.2. The first-order chi connectivity index (χ1) is 23.3. The second-order valence-corrected chi connectivity index (χ2v) is 12.1. The minimum absolute atomic E-state index is 0.0567. The third-order valence-electron chi connectivity index (χ3n) is 7.60. The van der Waals surface area contributed by atoms with E-state index in [-0.39, 0.29) is 40.7 Å². The number of carboxylic acids is 1. The van der Waals surface area contributed by atoms with Gasteiger partial charge in [0.05, 0.1) is 46.1 Å². The lowest BCUT2D eigenvalue weighted by Crippen LogP contribution is -2.39. The lowest BCUT2D eigenvalue weighted by Gasteiger charge is -2.25. The molecule has 9 nitrogen and oxygen atoms in total. The molecule has 1 aliphatic rings. The predicted molar refractivity (Wildman–Crippen MR) is 183 cm³/mol. The van der Waals surface area contributed by atoms with E-state index in [1.807, 2.05) is 60.7 Å². The maximum Gasteiger partial charge on any atom is 0.338 e. The molecule has 2 heterocycles. The summed E-state index contributed by atoms with van der Waals surface area (Å²) in [4.78, 5) is 44.4. The molecule has 0 radical (unpaired) electrons. The van der Waals surface area contributed by atoms with Crippen molar-refractivity contribution in [2.75, 3.05) is 13.7 Å². The molecule has 0 saturated heterocycles. The van der Waals surface area contributed by atoms with Crippen molar-refractivity contribution >= 4 is 46.6 Å². The summed E-state index contributed by atoms with van der Waals surface area (Å²) in [5, 5.41) is 9.54. The summed E-state index contributed by atoms with van der Waals surface area (Å²) in [6, 6.07) is 27.7. The standard InChI is InChI=1S/C37H29ClN2O7S/c1-3-46-36(44)30-31(24-12-6-4-7-13-24)39-37-40(32(30)25-14-8-5-9-15-25)34(41)29(48-37)20-23-18-27(38)33(28(19-23)45-2)47-21-22-11-10-16-26(17-22)35(42)43/h4-20,32H,3,21H2,1-2H3,(H,42,43)/b29-20+/t32-/m1/s1. The van der Waals surface area contributed by atoms with Gasteiger partial charge in [-0.15, -0.1) is 0 Å². The van der Waals surface area contributed by atoms with Gasteiger partial charge in [-0.05, 0) is 54.0 Å². The Labute approximate surface area is 284 Å². The van der Waals surface area contributed by atoms with Crippen LogP contribution in [0.3, 0.4) is 0 Å². The molecule has 0 unspecified atom stereocenters. The van der Waals surface area contributed by atoms with E-state index in [0.29, 0.717) is 31.9 Å². The normalized spacial score (nSPS) is 14.2. The minimum Gasteiger partial charge on any atom is -0.493 e. The number of rotatable bonds is 10. The van der Waals surface area contributed by atoms with Crippen molar-refractivity contribution in [1.82, 2.24) is 4.57 Å². The van der Waals surface area contributed by atoms with Crippen molar-refractivity contribution in [3.63, 3.8) is 0 Å². The maximum atomic E-state index is 14.2. The highest BCUT2D eigenvalue weighted by Gasteiger charge is 2.35. The molecule has 242 valence electrons. The molecular formula is C37H29ClN2O7S. The van der Waals surface area contributed by atoms with Gasteiger partial charge in [-0.25, -0.2) is 14.6 Å². The topological polar surface area (TPSA) is 116 Å². The van der Waals surface area contributed by atoms with Crippen LogP contribution in [0.1, 0.15) is 45.6 Å². The van der Waals surface area contributed by atoms with Crippen molar-refractivity contribution in [3.8, 4) is 11.5 Å². The molecule has 0 fully saturated rings. The number of halogens is 1. The van der Waals surface area contributed by atoms with Crippen LogP contribution < -0.4 is 24.4 Å². The lowest BCUT2D eigenvalue weighted by atomic mass is 9.93. The summed E-state index contributed by atoms with van der Waals surface area (Å²) >= 11 is 7.86. The molecule has 4 aromatic carbocycles. The zero-order valence-corrected chi connectivity index (χ0v) is 27.5. The number of hydrogen-bond donors (Lipinski definition) is 1. The zero-order valence-electron chi connectivity index (χ0n) is 25.9. The summed E-state index contributed by atoms with van der Waals surface area (Å²) in [6.45, 7) is 1.95. The first-order valence-corrected chi connectivity index (χ1v) is 16.1. The summed E-state index contributed by atoms with van der Waals surface area (Å²) in [5.41, 5.74) is 3.19. The van der Waals surface area contributed by atoms with E-state index < -0.39 is 18.0 Å². The molecule has 1 N–H and O–H groups in total. The molecule has 11 heteroatoms. The highest BCUT2D eigenvalue weighted by Crippen LogP contribution is 2.38. The van der Waals surface area contributed by atoms with Gasteiger partial charge in [0.15, 0.2) is 16.3 Å². The Bertz CT molecular complexity index is 2230. The van der Waals surface area contributed by atoms with Crippen molar-refractivity contribution in [2.24, 2.45) is 4.99 Å². The Morgan fingerprint density at radius 3 is 2.42 bits per heavy atom. The summed E-state index contributed by atoms with van der Waals surface area (Å²) in [5.74, 6) is -0.987. The van der Waals surface area contributed by atoms with E-state index in [1.54, 1.807) is 37.3 Å². The van der Waals surface area contributed by atoms with E-state index in [9.17, 15) is 19.5 Å². The number of ether oxygens (including phenoxy) is 3. The number of fused-ring (bicyclic) bond motifs is 1. The number of nitrogens with zero attached hydrogens (tertiary/aromatic N) is 2. The number of aromatic carboxylic acids is 1. The van der Waals surface area contributed by atoms with Crippen LogP contribution in [0.25, 0.3) is 11.8 Å². The fraction of sp³-hybridized carbons (Fsp3) is 0.135. The number of carboxylic acid groups (broad SMARTS) is 1. The Morgan fingerprint density at radius 1 is 1.00 bits per heavy atom. The Morgan fingerprint density at radius 2 is 1.73 bits per heavy atom. The van der Waals surface area contributed by atoms with Crippen molar-refractivity contribution < 1.29 is 28.9 Å². The molecule has 0 saturated carbocycles. The zero-order chi connectivity index (χ0) is 33.8. The Balaban J connectivity index is 1.45. The predicted octanol–water partition coefficient (Wildman–Crippen LogP) is 5.87. The average Bonchev–Trinajstić information content (AvgIpc) is 3.41. The number of carbonyl (C=O) groups excluding carboxylic acids is 1. The van der Waals surface area contributed by atoms with Gasteiger partial charge >= 0.3 is 11.9 Å². The van der Waals surface area contributed by atoms with Crippen LogP contribution in [0.2, 0.25) is 5.02 Å². The summed E-state index contributed by atoms with van der Waals surface area (Å²) in [6.07, 6.45) is 1.69. The highest BCUT2D eigenvalue weighted by atomic mass is 35.5. The molecule has 48 heavy (non-hydrogen) atoms. The molecule has 0 spiro atoms. The fourth-order valence-corrected chi connectivity index (χ4v) is 6.73. The summed E-state index contributed by atoms with van der Waals surface area (Å²) in [7, 11) is 1.48. The number of aromatic nitrogens is 1. The van der Waals surface area contributed by atoms with Crippen LogP contribution in [-0.2, 0) is 16.1 Å². The number of thiazole rings is 1. The smallest absolute Gasteiger partial charge is 0.338 e. The Hall–Kier alpha value is -5.45. The van der Waals surface area contributed by atoms with Crippen LogP contribution in [-0.4, -0.2) is 35.3 Å². The first kappa shape index (κ1) is 32.5. The second kappa shape index (κ2) is 14.1. The first-order valence-electron chi connectivity index (χ1n) is 14.9. The molecule has 0 aliphatic carbocycles. The van der Waals surface area contributed by atoms with Crippen LogP contribution in [0.15, 0.2) is 112 Å². The Kier molecular flexibility index (Phi) is 9.56. The lowest BCUT2D eigenvalue weighted by molar-refractivity contribution is -0.138. The van der Waals surface area contributed by atoms with Gasteiger partial charge in [-0.2, -0.15) is 0 Å². The van der Waals surface area contributed by atoms with Gasteiger partial charge in [-0.1, -0.05) is 95.7 Å². The SMILES string of the molecule is CCOC(=O)C1=C(c2ccccc2)N=c2s/c(=C/c3cc(Cl)c(OCc4cccc(C(=O)O)c4)c(OC)c3)c(=O)n2[C@@H]1c1ccccc1. The second-order valence-electron chi connectivity index (χ2n) is 10.7. The van der Waals surface area contributed by atoms with Crippen molar-refractivity contribution in [2.45, 2.75) is 19.6 Å². The van der Waals surface area contributed by atoms with Gasteiger partial charge < -0.3 is 19.3 Å². The fourth-order valence-electron chi connectivity index (χ4n) is 5.46. The van der Waals surface area contributed by atoms with Gasteiger partial charge in [0.2, 0.25) is 0 Å². The van der Waals surface area contributed by atoms with Crippen molar-refractivity contribution in [1.29, 1.82) is 0 Å². The number of esters is 1. The highest BCUT2D eigenvalue weighted by molar-refractivity contribution is 7.07.